The van der Waals surface area contributed by atoms with Gasteiger partial charge in [0.2, 0.25) is 0 Å². The summed E-state index contributed by atoms with van der Waals surface area (Å²) in [5.41, 5.74) is 11.3. The summed E-state index contributed by atoms with van der Waals surface area (Å²) in [6, 6.07) is 60.2. The average Bonchev–Trinajstić information content (AvgIpc) is 3.35. The van der Waals surface area contributed by atoms with Crippen molar-refractivity contribution in [2.45, 2.75) is 19.3 Å². The molecule has 8 aromatic carbocycles. The Hall–Kier alpha value is -5.66. The minimum atomic E-state index is -0.133. The smallest absolute Gasteiger partial charge is 0.0549 e. The van der Waals surface area contributed by atoms with Crippen LogP contribution in [0, 0.1) is 0 Å². The van der Waals surface area contributed by atoms with Crippen LogP contribution in [-0.4, -0.2) is 0 Å². The van der Waals surface area contributed by atoms with Gasteiger partial charge in [-0.1, -0.05) is 147 Å². The number of hydrogen-bond donors (Lipinski definition) is 0. The van der Waals surface area contributed by atoms with E-state index in [0.717, 1.165) is 5.69 Å². The van der Waals surface area contributed by atoms with Crippen LogP contribution in [0.3, 0.4) is 0 Å². The van der Waals surface area contributed by atoms with Gasteiger partial charge in [0.25, 0.3) is 0 Å². The molecule has 1 aliphatic rings. The van der Waals surface area contributed by atoms with E-state index in [1.54, 1.807) is 0 Å². The maximum absolute atomic E-state index is 2.50. The molecule has 46 heavy (non-hydrogen) atoms. The molecule has 0 N–H and O–H groups in total. The molecule has 218 valence electrons. The fraction of sp³-hybridized carbons (Fsp3) is 0.0667. The molecule has 1 nitrogen and oxygen atoms in total. The van der Waals surface area contributed by atoms with Crippen molar-refractivity contribution in [1.82, 2.24) is 0 Å². The number of nitrogens with zero attached hydrogens (tertiary/aromatic N) is 1. The molecule has 9 rings (SSSR count). The van der Waals surface area contributed by atoms with Crippen LogP contribution in [0.15, 0.2) is 164 Å². The van der Waals surface area contributed by atoms with Gasteiger partial charge >= 0.3 is 0 Å². The summed E-state index contributed by atoms with van der Waals surface area (Å²) in [7, 11) is 0. The Morgan fingerprint density at radius 1 is 0.435 bits per heavy atom. The molecule has 1 heteroatoms. The highest BCUT2D eigenvalue weighted by atomic mass is 15.1. The van der Waals surface area contributed by atoms with Crippen molar-refractivity contribution < 1.29 is 0 Å². The Labute approximate surface area is 270 Å². The summed E-state index contributed by atoms with van der Waals surface area (Å²) < 4.78 is 0. The van der Waals surface area contributed by atoms with E-state index < -0.39 is 0 Å². The van der Waals surface area contributed by atoms with Crippen LogP contribution in [0.2, 0.25) is 0 Å². The molecule has 0 heterocycles. The predicted molar refractivity (Wildman–Crippen MR) is 197 cm³/mol. The summed E-state index contributed by atoms with van der Waals surface area (Å²) in [6.45, 7) is 4.77. The van der Waals surface area contributed by atoms with Gasteiger partial charge in [-0.2, -0.15) is 0 Å². The lowest BCUT2D eigenvalue weighted by Gasteiger charge is -2.31. The third-order valence-corrected chi connectivity index (χ3v) is 9.98. The lowest BCUT2D eigenvalue weighted by molar-refractivity contribution is 0.666. The number of hydrogen-bond acceptors (Lipinski definition) is 1. The molecule has 0 atom stereocenters. The Balaban J connectivity index is 1.32. The normalized spacial score (nSPS) is 13.2. The van der Waals surface area contributed by atoms with Crippen LogP contribution in [-0.2, 0) is 5.41 Å². The van der Waals surface area contributed by atoms with Crippen LogP contribution in [0.1, 0.15) is 25.0 Å². The van der Waals surface area contributed by atoms with Crippen molar-refractivity contribution in [3.8, 4) is 22.3 Å². The average molecular weight is 588 g/mol. The molecule has 0 saturated carbocycles. The second kappa shape index (κ2) is 10.2. The molecule has 0 saturated heterocycles. The van der Waals surface area contributed by atoms with E-state index in [4.69, 9.17) is 0 Å². The zero-order chi connectivity index (χ0) is 30.8. The zero-order valence-corrected chi connectivity index (χ0v) is 26.0. The molecule has 0 fully saturated rings. The summed E-state index contributed by atoms with van der Waals surface area (Å²) in [6.07, 6.45) is 0. The predicted octanol–water partition coefficient (Wildman–Crippen LogP) is 12.6. The SMILES string of the molecule is CC1(C)c2ccccc2-c2c(N(c3ccc(-c4ccc5ccccc5c4)cc3)c3cccc4ccccc34)cc3ccccc3c21. The topological polar surface area (TPSA) is 3.24 Å². The monoisotopic (exact) mass is 587 g/mol. The third kappa shape index (κ3) is 4.02. The molecule has 1 aliphatic carbocycles. The molecule has 0 unspecified atom stereocenters. The van der Waals surface area contributed by atoms with Crippen LogP contribution in [0.25, 0.3) is 54.6 Å². The van der Waals surface area contributed by atoms with E-state index in [0.29, 0.717) is 0 Å². The van der Waals surface area contributed by atoms with Gasteiger partial charge in [0.05, 0.1) is 11.4 Å². The lowest BCUT2D eigenvalue weighted by Crippen LogP contribution is -2.17. The van der Waals surface area contributed by atoms with E-state index in [1.807, 2.05) is 0 Å². The molecule has 0 amide bonds. The van der Waals surface area contributed by atoms with Gasteiger partial charge in [-0.3, -0.25) is 0 Å². The Morgan fingerprint density at radius 2 is 1.07 bits per heavy atom. The van der Waals surface area contributed by atoms with Crippen molar-refractivity contribution in [3.63, 3.8) is 0 Å². The first-order chi connectivity index (χ1) is 22.6. The molecule has 0 spiro atoms. The van der Waals surface area contributed by atoms with Crippen LogP contribution in [0.4, 0.5) is 17.1 Å². The van der Waals surface area contributed by atoms with Gasteiger partial charge in [0.15, 0.2) is 0 Å². The van der Waals surface area contributed by atoms with Crippen molar-refractivity contribution in [2.24, 2.45) is 0 Å². The number of anilines is 3. The summed E-state index contributed by atoms with van der Waals surface area (Å²) >= 11 is 0. The largest absolute Gasteiger partial charge is 0.309 e. The molecule has 8 aromatic rings. The first kappa shape index (κ1) is 26.7. The van der Waals surface area contributed by atoms with E-state index in [1.165, 1.54) is 77.1 Å². The van der Waals surface area contributed by atoms with Gasteiger partial charge in [0, 0.05) is 22.1 Å². The van der Waals surface area contributed by atoms with Gasteiger partial charge in [-0.25, -0.2) is 0 Å². The summed E-state index contributed by atoms with van der Waals surface area (Å²) in [4.78, 5) is 2.50. The summed E-state index contributed by atoms with van der Waals surface area (Å²) in [5.74, 6) is 0. The highest BCUT2D eigenvalue weighted by molar-refractivity contribution is 6.08. The minimum Gasteiger partial charge on any atom is -0.309 e. The Bertz CT molecular complexity index is 2440. The second-order valence-corrected chi connectivity index (χ2v) is 13.0. The molecular formula is C45H33N. The van der Waals surface area contributed by atoms with E-state index in [2.05, 4.69) is 183 Å². The van der Waals surface area contributed by atoms with Gasteiger partial charge in [-0.05, 0) is 85.1 Å². The molecular weight excluding hydrogens is 555 g/mol. The number of rotatable bonds is 4. The zero-order valence-electron chi connectivity index (χ0n) is 26.0. The first-order valence-corrected chi connectivity index (χ1v) is 16.1. The van der Waals surface area contributed by atoms with Crippen molar-refractivity contribution in [2.75, 3.05) is 4.90 Å². The quantitative estimate of drug-likeness (QED) is 0.198. The minimum absolute atomic E-state index is 0.133. The fourth-order valence-corrected chi connectivity index (χ4v) is 7.79. The van der Waals surface area contributed by atoms with Crippen LogP contribution in [0.5, 0.6) is 0 Å². The highest BCUT2D eigenvalue weighted by Gasteiger charge is 2.39. The third-order valence-electron chi connectivity index (χ3n) is 9.98. The van der Waals surface area contributed by atoms with Gasteiger partial charge in [-0.15, -0.1) is 0 Å². The van der Waals surface area contributed by atoms with Crippen LogP contribution >= 0.6 is 0 Å². The molecule has 0 radical (unpaired) electrons. The van der Waals surface area contributed by atoms with Crippen molar-refractivity contribution in [3.05, 3.63) is 175 Å². The lowest BCUT2D eigenvalue weighted by atomic mass is 9.80. The number of fused-ring (bicyclic) bond motifs is 7. The standard InChI is InChI=1S/C45H33N/c1-45(2)40-20-10-9-19-39(40)43-42(29-35-15-6-8-18-38(35)44(43)45)46(41-21-11-16-32-13-5-7-17-37(32)41)36-26-24-31(25-27-36)34-23-22-30-12-3-4-14-33(30)28-34/h3-29H,1-2H3. The van der Waals surface area contributed by atoms with Gasteiger partial charge in [0.1, 0.15) is 0 Å². The Morgan fingerprint density at radius 3 is 1.89 bits per heavy atom. The second-order valence-electron chi connectivity index (χ2n) is 13.0. The molecule has 0 aliphatic heterocycles. The van der Waals surface area contributed by atoms with Gasteiger partial charge < -0.3 is 4.90 Å². The van der Waals surface area contributed by atoms with E-state index >= 15 is 0 Å². The van der Waals surface area contributed by atoms with E-state index in [-0.39, 0.29) is 5.41 Å². The summed E-state index contributed by atoms with van der Waals surface area (Å²) in [5, 5.41) is 7.57. The Kier molecular flexibility index (Phi) is 5.92. The van der Waals surface area contributed by atoms with Crippen LogP contribution < -0.4 is 4.90 Å². The molecule has 0 aromatic heterocycles. The first-order valence-electron chi connectivity index (χ1n) is 16.1. The highest BCUT2D eigenvalue weighted by Crippen LogP contribution is 2.57. The number of benzene rings is 8. The fourth-order valence-electron chi connectivity index (χ4n) is 7.79. The van der Waals surface area contributed by atoms with Crippen molar-refractivity contribution >= 4 is 49.4 Å². The molecule has 0 bridgehead atoms. The van der Waals surface area contributed by atoms with E-state index in [9.17, 15) is 0 Å². The maximum Gasteiger partial charge on any atom is 0.0549 e. The maximum atomic E-state index is 2.50. The van der Waals surface area contributed by atoms with Crippen molar-refractivity contribution in [1.29, 1.82) is 0 Å².